The van der Waals surface area contributed by atoms with Crippen molar-refractivity contribution >= 4 is 35.0 Å². The van der Waals surface area contributed by atoms with Gasteiger partial charge in [0.25, 0.3) is 0 Å². The molecule has 1 atom stereocenters. The summed E-state index contributed by atoms with van der Waals surface area (Å²) >= 11 is 2.00. The largest absolute Gasteiger partial charge is 0.324 e. The minimum Gasteiger partial charge on any atom is -0.324 e. The van der Waals surface area contributed by atoms with Gasteiger partial charge in [-0.25, -0.2) is 4.39 Å². The van der Waals surface area contributed by atoms with Gasteiger partial charge in [-0.3, -0.25) is 0 Å². The maximum Gasteiger partial charge on any atom is 0.124 e. The molecule has 0 aliphatic carbocycles. The molecule has 4 nitrogen and oxygen atoms in total. The SMILES string of the molecule is Cl.[N-]=[N+]=NC[C@@H](N)c1cc(F)cc(I)c1. The lowest BCUT2D eigenvalue weighted by atomic mass is 10.1. The number of rotatable bonds is 3. The summed E-state index contributed by atoms with van der Waals surface area (Å²) in [7, 11) is 0. The van der Waals surface area contributed by atoms with E-state index in [2.05, 4.69) is 10.0 Å². The van der Waals surface area contributed by atoms with E-state index in [-0.39, 0.29) is 24.8 Å². The zero-order chi connectivity index (χ0) is 10.6. The van der Waals surface area contributed by atoms with Gasteiger partial charge in [-0.2, -0.15) is 0 Å². The van der Waals surface area contributed by atoms with Gasteiger partial charge >= 0.3 is 0 Å². The summed E-state index contributed by atoms with van der Waals surface area (Å²) in [5.74, 6) is -0.330. The Morgan fingerprint density at radius 3 is 2.73 bits per heavy atom. The van der Waals surface area contributed by atoms with E-state index in [9.17, 15) is 4.39 Å². The third kappa shape index (κ3) is 4.65. The van der Waals surface area contributed by atoms with Gasteiger partial charge < -0.3 is 5.73 Å². The van der Waals surface area contributed by atoms with Crippen molar-refractivity contribution in [3.63, 3.8) is 0 Å². The number of nitrogens with two attached hydrogens (primary N) is 1. The molecule has 7 heteroatoms. The molecule has 0 saturated carbocycles. The molecular weight excluding hydrogens is 333 g/mol. The van der Waals surface area contributed by atoms with Gasteiger partial charge in [-0.1, -0.05) is 5.11 Å². The minimum atomic E-state index is -0.449. The molecule has 1 aromatic rings. The zero-order valence-electron chi connectivity index (χ0n) is 7.60. The van der Waals surface area contributed by atoms with Crippen LogP contribution in [0.3, 0.4) is 0 Å². The van der Waals surface area contributed by atoms with Crippen LogP contribution in [-0.4, -0.2) is 6.54 Å². The van der Waals surface area contributed by atoms with Crippen molar-refractivity contribution in [3.8, 4) is 0 Å². The summed E-state index contributed by atoms with van der Waals surface area (Å²) in [4.78, 5) is 2.60. The number of hydrogen-bond donors (Lipinski definition) is 1. The van der Waals surface area contributed by atoms with E-state index in [1.165, 1.54) is 12.1 Å². The maximum absolute atomic E-state index is 12.9. The predicted octanol–water partition coefficient (Wildman–Crippen LogP) is 3.16. The number of hydrogen-bond acceptors (Lipinski definition) is 2. The normalized spacial score (nSPS) is 11.1. The summed E-state index contributed by atoms with van der Waals surface area (Å²) in [6.45, 7) is 0.135. The van der Waals surface area contributed by atoms with E-state index < -0.39 is 6.04 Å². The highest BCUT2D eigenvalue weighted by molar-refractivity contribution is 14.1. The quantitative estimate of drug-likeness (QED) is 0.389. The summed E-state index contributed by atoms with van der Waals surface area (Å²) in [6.07, 6.45) is 0. The number of halogens is 3. The highest BCUT2D eigenvalue weighted by atomic mass is 127. The highest BCUT2D eigenvalue weighted by Crippen LogP contribution is 2.16. The fourth-order valence-electron chi connectivity index (χ4n) is 1.02. The molecule has 0 radical (unpaired) electrons. The van der Waals surface area contributed by atoms with Crippen molar-refractivity contribution in [1.29, 1.82) is 0 Å². The van der Waals surface area contributed by atoms with Crippen LogP contribution in [-0.2, 0) is 0 Å². The van der Waals surface area contributed by atoms with Gasteiger partial charge in [0.15, 0.2) is 0 Å². The molecule has 0 unspecified atom stereocenters. The van der Waals surface area contributed by atoms with Gasteiger partial charge in [0.1, 0.15) is 5.82 Å². The summed E-state index contributed by atoms with van der Waals surface area (Å²) in [5, 5.41) is 3.34. The number of benzene rings is 1. The maximum atomic E-state index is 12.9. The third-order valence-corrected chi connectivity index (χ3v) is 2.28. The van der Waals surface area contributed by atoms with Crippen LogP contribution >= 0.6 is 35.0 Å². The Bertz CT molecular complexity index is 361. The Balaban J connectivity index is 0.00000196. The molecule has 0 aliphatic rings. The molecule has 0 fully saturated rings. The van der Waals surface area contributed by atoms with Gasteiger partial charge in [0.05, 0.1) is 0 Å². The lowest BCUT2D eigenvalue weighted by Crippen LogP contribution is -2.13. The van der Waals surface area contributed by atoms with E-state index >= 15 is 0 Å². The fraction of sp³-hybridized carbons (Fsp3) is 0.250. The second-order valence-electron chi connectivity index (χ2n) is 2.72. The van der Waals surface area contributed by atoms with Gasteiger partial charge in [-0.05, 0) is 51.9 Å². The highest BCUT2D eigenvalue weighted by Gasteiger charge is 2.06. The topological polar surface area (TPSA) is 74.8 Å². The van der Waals surface area contributed by atoms with Crippen LogP contribution in [0.2, 0.25) is 0 Å². The molecule has 0 aromatic heterocycles. The summed E-state index contributed by atoms with van der Waals surface area (Å²) in [5.41, 5.74) is 14.4. The van der Waals surface area contributed by atoms with E-state index in [1.807, 2.05) is 22.6 Å². The van der Waals surface area contributed by atoms with Crippen LogP contribution < -0.4 is 5.73 Å². The van der Waals surface area contributed by atoms with E-state index in [0.717, 1.165) is 3.57 Å². The zero-order valence-corrected chi connectivity index (χ0v) is 10.6. The monoisotopic (exact) mass is 342 g/mol. The first-order valence-corrected chi connectivity index (χ1v) is 4.94. The predicted molar refractivity (Wildman–Crippen MR) is 67.3 cm³/mol. The van der Waals surface area contributed by atoms with Crippen molar-refractivity contribution in [2.24, 2.45) is 10.8 Å². The van der Waals surface area contributed by atoms with Gasteiger partial charge in [-0.15, -0.1) is 12.4 Å². The van der Waals surface area contributed by atoms with E-state index in [1.54, 1.807) is 6.07 Å². The first-order valence-electron chi connectivity index (χ1n) is 3.86. The van der Waals surface area contributed by atoms with Crippen LogP contribution in [0.15, 0.2) is 23.3 Å². The standard InChI is InChI=1S/C8H8FIN4.ClH/c9-6-1-5(2-7(10)3-6)8(11)4-13-14-12;/h1-3,8H,4,11H2;1H/t8-;/m1./s1. The number of azide groups is 1. The van der Waals surface area contributed by atoms with Crippen LogP contribution in [0.1, 0.15) is 11.6 Å². The molecule has 0 bridgehead atoms. The molecule has 0 heterocycles. The average Bonchev–Trinajstić information content (AvgIpc) is 2.12. The number of nitrogens with zero attached hydrogens (tertiary/aromatic N) is 3. The van der Waals surface area contributed by atoms with Crippen molar-refractivity contribution in [1.82, 2.24) is 0 Å². The summed E-state index contributed by atoms with van der Waals surface area (Å²) < 4.78 is 13.7. The first kappa shape index (κ1) is 14.4. The molecule has 2 N–H and O–H groups in total. The average molecular weight is 343 g/mol. The molecule has 0 spiro atoms. The molecule has 0 amide bonds. The van der Waals surface area contributed by atoms with Crippen LogP contribution in [0, 0.1) is 9.39 Å². The molecule has 0 saturated heterocycles. The second kappa shape index (κ2) is 6.84. The Morgan fingerprint density at radius 1 is 1.53 bits per heavy atom. The van der Waals surface area contributed by atoms with Crippen LogP contribution in [0.5, 0.6) is 0 Å². The van der Waals surface area contributed by atoms with Gasteiger partial charge in [0.2, 0.25) is 0 Å². The lowest BCUT2D eigenvalue weighted by Gasteiger charge is -2.09. The van der Waals surface area contributed by atoms with Crippen molar-refractivity contribution in [2.45, 2.75) is 6.04 Å². The lowest BCUT2D eigenvalue weighted by molar-refractivity contribution is 0.618. The van der Waals surface area contributed by atoms with E-state index in [4.69, 9.17) is 11.3 Å². The molecule has 15 heavy (non-hydrogen) atoms. The molecule has 1 aromatic carbocycles. The molecule has 82 valence electrons. The Labute approximate surface area is 106 Å². The smallest absolute Gasteiger partial charge is 0.124 e. The molecule has 0 aliphatic heterocycles. The first-order chi connectivity index (χ1) is 6.63. The molecule has 1 rings (SSSR count). The summed E-state index contributed by atoms with van der Waals surface area (Å²) in [6, 6.07) is 4.07. The van der Waals surface area contributed by atoms with Crippen molar-refractivity contribution in [2.75, 3.05) is 6.54 Å². The van der Waals surface area contributed by atoms with Crippen LogP contribution in [0.4, 0.5) is 4.39 Å². The Kier molecular flexibility index (Phi) is 6.58. The molecular formula is C8H9ClFIN4. The minimum absolute atomic E-state index is 0. The Morgan fingerprint density at radius 2 is 2.20 bits per heavy atom. The van der Waals surface area contributed by atoms with Crippen LogP contribution in [0.25, 0.3) is 10.4 Å². The van der Waals surface area contributed by atoms with Crippen molar-refractivity contribution < 1.29 is 4.39 Å². The second-order valence-corrected chi connectivity index (χ2v) is 3.97. The van der Waals surface area contributed by atoms with E-state index in [0.29, 0.717) is 5.56 Å². The fourth-order valence-corrected chi connectivity index (χ4v) is 1.68. The van der Waals surface area contributed by atoms with Gasteiger partial charge in [0, 0.05) is 21.1 Å². The third-order valence-electron chi connectivity index (χ3n) is 1.65. The Hall–Kier alpha value is -0.560. The van der Waals surface area contributed by atoms with Crippen molar-refractivity contribution in [3.05, 3.63) is 43.6 Å².